The number of rotatable bonds is 4. The fraction of sp³-hybridized carbons (Fsp3) is 0.167. The molecule has 1 aromatic heterocycles. The molecule has 0 bridgehead atoms. The Balaban J connectivity index is 1.29. The summed E-state index contributed by atoms with van der Waals surface area (Å²) in [7, 11) is 0. The first-order valence-electron chi connectivity index (χ1n) is 11.1. The minimum absolute atomic E-state index is 0.170. The van der Waals surface area contributed by atoms with E-state index in [4.69, 9.17) is 0 Å². The molecule has 1 atom stereocenters. The van der Waals surface area contributed by atoms with E-state index in [0.717, 1.165) is 10.3 Å². The highest BCUT2D eigenvalue weighted by molar-refractivity contribution is 9.10. The second-order valence-corrected chi connectivity index (χ2v) is 9.69. The molecule has 3 heterocycles. The molecule has 1 amide bonds. The zero-order chi connectivity index (χ0) is 25.1. The second-order valence-electron chi connectivity index (χ2n) is 8.01. The molecular weight excluding hydrogens is 546 g/mol. The summed E-state index contributed by atoms with van der Waals surface area (Å²) in [6.45, 7) is 2.30. The van der Waals surface area contributed by atoms with Crippen molar-refractivity contribution >= 4 is 61.9 Å². The van der Waals surface area contributed by atoms with Crippen molar-refractivity contribution in [2.45, 2.75) is 0 Å². The Labute approximate surface area is 218 Å². The summed E-state index contributed by atoms with van der Waals surface area (Å²) >= 11 is 1.64. The van der Waals surface area contributed by atoms with Gasteiger partial charge in [-0.05, 0) is 52.3 Å². The highest BCUT2D eigenvalue weighted by atomic mass is 79.9. The van der Waals surface area contributed by atoms with Gasteiger partial charge in [0.15, 0.2) is 17.4 Å². The molecule has 3 N–H and O–H groups in total. The number of carbonyl (C=O) groups excluding carboxylic acids is 1. The number of piperazine rings is 1. The number of aromatic nitrogens is 1. The van der Waals surface area contributed by atoms with E-state index in [9.17, 15) is 14.1 Å². The lowest BCUT2D eigenvalue weighted by Crippen LogP contribution is -2.49. The Morgan fingerprint density at radius 2 is 1.56 bits per heavy atom. The van der Waals surface area contributed by atoms with Crippen LogP contribution in [-0.2, 0) is 11.2 Å². The number of pyridine rings is 1. The topological polar surface area (TPSA) is 123 Å². The number of nitrogens with one attached hydrogen (secondary N) is 2. The Morgan fingerprint density at radius 3 is 2.25 bits per heavy atom. The summed E-state index contributed by atoms with van der Waals surface area (Å²) in [5, 5.41) is 17.0. The molecule has 1 unspecified atom stereocenters. The Kier molecular flexibility index (Phi) is 6.96. The first kappa shape index (κ1) is 23.9. The van der Waals surface area contributed by atoms with E-state index in [0.29, 0.717) is 31.9 Å². The van der Waals surface area contributed by atoms with Crippen LogP contribution in [0.25, 0.3) is 0 Å². The fourth-order valence-electron chi connectivity index (χ4n) is 3.91. The molecule has 0 aliphatic carbocycles. The second kappa shape index (κ2) is 10.5. The van der Waals surface area contributed by atoms with Gasteiger partial charge in [0.1, 0.15) is 5.82 Å². The van der Waals surface area contributed by atoms with Crippen molar-refractivity contribution in [3.8, 4) is 5.75 Å². The number of benzene rings is 2. The normalized spacial score (nSPS) is 17.4. The first-order chi connectivity index (χ1) is 17.5. The average Bonchev–Trinajstić information content (AvgIpc) is 3.25. The third-order valence-corrected chi connectivity index (χ3v) is 7.12. The molecule has 0 spiro atoms. The molecule has 184 valence electrons. The van der Waals surface area contributed by atoms with Crippen molar-refractivity contribution < 1.29 is 14.1 Å². The summed E-state index contributed by atoms with van der Waals surface area (Å²) < 4.78 is 20.9. The average molecular weight is 568 g/mol. The predicted molar refractivity (Wildman–Crippen MR) is 145 cm³/mol. The summed E-state index contributed by atoms with van der Waals surface area (Å²) in [5.74, 6) is 0.834. The molecule has 3 aromatic rings. The first-order valence-corrected chi connectivity index (χ1v) is 13.0. The number of phenols is 1. The zero-order valence-electron chi connectivity index (χ0n) is 19.0. The minimum atomic E-state index is -1.81. The third kappa shape index (κ3) is 5.09. The maximum atomic E-state index is 13.2. The van der Waals surface area contributed by atoms with Crippen molar-refractivity contribution in [1.82, 2.24) is 9.88 Å². The lowest BCUT2D eigenvalue weighted by Gasteiger charge is -2.35. The number of anilines is 3. The maximum absolute atomic E-state index is 13.2. The van der Waals surface area contributed by atoms with Crippen LogP contribution in [0.15, 0.2) is 80.1 Å². The van der Waals surface area contributed by atoms with Gasteiger partial charge >= 0.3 is 0 Å². The van der Waals surface area contributed by atoms with Crippen molar-refractivity contribution in [2.24, 2.45) is 8.80 Å². The molecule has 2 aliphatic heterocycles. The van der Waals surface area contributed by atoms with Crippen molar-refractivity contribution in [3.63, 3.8) is 0 Å². The molecule has 2 aliphatic rings. The van der Waals surface area contributed by atoms with Crippen LogP contribution in [0.5, 0.6) is 5.75 Å². The van der Waals surface area contributed by atoms with Crippen molar-refractivity contribution in [3.05, 3.63) is 76.9 Å². The van der Waals surface area contributed by atoms with Gasteiger partial charge in [-0.15, -0.1) is 8.80 Å². The van der Waals surface area contributed by atoms with Gasteiger partial charge in [-0.2, -0.15) is 0 Å². The highest BCUT2D eigenvalue weighted by Crippen LogP contribution is 2.30. The standard InChI is InChI=1S/C24H22BrN7O3S/c25-17-7-1-2-8-18(17)27-22-23(30-36(35)29-22)28-19-9-5-6-16(21(19)33)24(34)32-14-12-31(13-15-32)20-10-3-4-11-26-20/h1-11,33H,12-15H2,(H,27,29)(H,28,30). The monoisotopic (exact) mass is 567 g/mol. The van der Waals surface area contributed by atoms with Crippen LogP contribution in [-0.4, -0.2) is 63.0 Å². The third-order valence-electron chi connectivity index (χ3n) is 5.75. The van der Waals surface area contributed by atoms with E-state index in [1.54, 1.807) is 29.3 Å². The van der Waals surface area contributed by atoms with Crippen LogP contribution in [0.3, 0.4) is 0 Å². The SMILES string of the molecule is O=C(c1cccc(NC2=NS(=O)N=C2Nc2ccccc2Br)c1O)N1CCN(c2ccccn2)CC1. The maximum Gasteiger partial charge on any atom is 0.269 e. The highest BCUT2D eigenvalue weighted by Gasteiger charge is 2.27. The predicted octanol–water partition coefficient (Wildman–Crippen LogP) is 3.43. The molecule has 1 fully saturated rings. The molecule has 1 saturated heterocycles. The molecule has 0 saturated carbocycles. The number of halogens is 1. The number of amides is 1. The molecular formula is C24H22BrN7O3S. The number of carbonyl (C=O) groups is 1. The number of amidine groups is 2. The molecule has 36 heavy (non-hydrogen) atoms. The summed E-state index contributed by atoms with van der Waals surface area (Å²) in [6, 6.07) is 18.0. The number of phenolic OH excluding ortho intramolecular Hbond substituents is 1. The van der Waals surface area contributed by atoms with Crippen LogP contribution >= 0.6 is 15.9 Å². The quantitative estimate of drug-likeness (QED) is 0.413. The molecule has 5 rings (SSSR count). The largest absolute Gasteiger partial charge is 0.505 e. The van der Waals surface area contributed by atoms with Gasteiger partial charge < -0.3 is 25.5 Å². The number of hydrogen-bond acceptors (Lipinski definition) is 7. The molecule has 2 aromatic carbocycles. The fourth-order valence-corrected chi connectivity index (χ4v) is 4.91. The number of aromatic hydroxyl groups is 1. The number of hydrogen-bond donors (Lipinski definition) is 3. The lowest BCUT2D eigenvalue weighted by atomic mass is 10.1. The lowest BCUT2D eigenvalue weighted by molar-refractivity contribution is 0.0743. The Hall–Kier alpha value is -3.77. The Bertz CT molecular complexity index is 1380. The molecule has 10 nitrogen and oxygen atoms in total. The zero-order valence-corrected chi connectivity index (χ0v) is 21.4. The van der Waals surface area contributed by atoms with E-state index >= 15 is 0 Å². The van der Waals surface area contributed by atoms with Crippen LogP contribution in [0.1, 0.15) is 10.4 Å². The van der Waals surface area contributed by atoms with Crippen LogP contribution in [0.4, 0.5) is 17.2 Å². The van der Waals surface area contributed by atoms with Gasteiger partial charge in [0.25, 0.3) is 17.1 Å². The van der Waals surface area contributed by atoms with E-state index in [-0.39, 0.29) is 34.6 Å². The summed E-state index contributed by atoms with van der Waals surface area (Å²) in [5.41, 5.74) is 1.14. The van der Waals surface area contributed by atoms with Gasteiger partial charge in [-0.3, -0.25) is 4.79 Å². The van der Waals surface area contributed by atoms with Crippen LogP contribution < -0.4 is 15.5 Å². The van der Waals surface area contributed by atoms with E-state index in [1.807, 2.05) is 42.5 Å². The summed E-state index contributed by atoms with van der Waals surface area (Å²) in [4.78, 5) is 21.4. The molecule has 12 heteroatoms. The molecule has 0 radical (unpaired) electrons. The van der Waals surface area contributed by atoms with Crippen LogP contribution in [0, 0.1) is 0 Å². The smallest absolute Gasteiger partial charge is 0.269 e. The van der Waals surface area contributed by atoms with E-state index in [2.05, 4.69) is 45.2 Å². The van der Waals surface area contributed by atoms with Crippen LogP contribution in [0.2, 0.25) is 0 Å². The Morgan fingerprint density at radius 1 is 0.889 bits per heavy atom. The van der Waals surface area contributed by atoms with E-state index < -0.39 is 11.2 Å². The van der Waals surface area contributed by atoms with E-state index in [1.165, 1.54) is 0 Å². The van der Waals surface area contributed by atoms with Gasteiger partial charge in [0.2, 0.25) is 0 Å². The summed E-state index contributed by atoms with van der Waals surface area (Å²) in [6.07, 6.45) is 1.75. The van der Waals surface area contributed by atoms with Gasteiger partial charge in [0, 0.05) is 36.8 Å². The van der Waals surface area contributed by atoms with Gasteiger partial charge in [-0.1, -0.05) is 24.3 Å². The van der Waals surface area contributed by atoms with Gasteiger partial charge in [-0.25, -0.2) is 9.19 Å². The van der Waals surface area contributed by atoms with Gasteiger partial charge in [0.05, 0.1) is 16.9 Å². The number of nitrogens with zero attached hydrogens (tertiary/aromatic N) is 5. The minimum Gasteiger partial charge on any atom is -0.505 e. The van der Waals surface area contributed by atoms with Crippen molar-refractivity contribution in [2.75, 3.05) is 41.7 Å². The number of para-hydroxylation sites is 2. The van der Waals surface area contributed by atoms with Crippen molar-refractivity contribution in [1.29, 1.82) is 0 Å².